The summed E-state index contributed by atoms with van der Waals surface area (Å²) in [5.74, 6) is 1.62. The Kier molecular flexibility index (Phi) is 5.45. The van der Waals surface area contributed by atoms with Crippen molar-refractivity contribution in [2.24, 2.45) is 0 Å². The van der Waals surface area contributed by atoms with Crippen LogP contribution in [-0.2, 0) is 18.0 Å². The van der Waals surface area contributed by atoms with Crippen LogP contribution >= 0.6 is 23.4 Å². The first-order chi connectivity index (χ1) is 13.2. The van der Waals surface area contributed by atoms with Gasteiger partial charge in [0.05, 0.1) is 18.2 Å². The third-order valence-corrected chi connectivity index (χ3v) is 5.69. The number of hydrogen-bond donors (Lipinski definition) is 2. The molecule has 2 aromatic carbocycles. The smallest absolute Gasteiger partial charge is 0.224 e. The summed E-state index contributed by atoms with van der Waals surface area (Å²) in [6, 6.07) is 8.08. The second-order valence-electron chi connectivity index (χ2n) is 6.33. The van der Waals surface area contributed by atoms with Crippen LogP contribution in [0.3, 0.4) is 0 Å². The summed E-state index contributed by atoms with van der Waals surface area (Å²) in [5, 5.41) is 6.54. The Morgan fingerprint density at radius 2 is 2.07 bits per heavy atom. The Labute approximate surface area is 166 Å². The van der Waals surface area contributed by atoms with Gasteiger partial charge in [-0.3, -0.25) is 0 Å². The SMILES string of the molecule is CNCCCSc1nc(N)nc(-c2c(Cl)cc3c4c(cccc24)COC3)n1. The van der Waals surface area contributed by atoms with Gasteiger partial charge in [0.1, 0.15) is 0 Å². The van der Waals surface area contributed by atoms with E-state index < -0.39 is 0 Å². The summed E-state index contributed by atoms with van der Waals surface area (Å²) in [6.07, 6.45) is 1.02. The molecule has 0 aliphatic carbocycles. The first kappa shape index (κ1) is 18.4. The van der Waals surface area contributed by atoms with Crippen LogP contribution in [0, 0.1) is 0 Å². The standard InChI is InChI=1S/C19H20ClN5OS/c1-22-6-3-7-27-19-24-17(23-18(21)25-19)16-13-5-2-4-11-9-26-10-12(15(11)13)8-14(16)20/h2,4-5,8,22H,3,6-7,9-10H2,1H3,(H2,21,23,24,25). The monoisotopic (exact) mass is 401 g/mol. The zero-order valence-corrected chi connectivity index (χ0v) is 16.5. The predicted octanol–water partition coefficient (Wildman–Crippen LogP) is 3.66. The minimum atomic E-state index is 0.205. The molecule has 0 fully saturated rings. The predicted molar refractivity (Wildman–Crippen MR) is 110 cm³/mol. The van der Waals surface area contributed by atoms with Crippen LogP contribution in [0.1, 0.15) is 17.5 Å². The Bertz CT molecular complexity index is 997. The van der Waals surface area contributed by atoms with Crippen LogP contribution < -0.4 is 11.1 Å². The van der Waals surface area contributed by atoms with Gasteiger partial charge in [0, 0.05) is 11.3 Å². The molecule has 0 saturated carbocycles. The van der Waals surface area contributed by atoms with Crippen molar-refractivity contribution in [3.63, 3.8) is 0 Å². The maximum Gasteiger partial charge on any atom is 0.224 e. The largest absolute Gasteiger partial charge is 0.372 e. The molecule has 27 heavy (non-hydrogen) atoms. The van der Waals surface area contributed by atoms with E-state index in [4.69, 9.17) is 22.1 Å². The van der Waals surface area contributed by atoms with E-state index in [1.165, 1.54) is 5.39 Å². The van der Waals surface area contributed by atoms with Gasteiger partial charge in [-0.05, 0) is 48.0 Å². The van der Waals surface area contributed by atoms with Gasteiger partial charge in [0.25, 0.3) is 0 Å². The molecule has 1 aromatic heterocycles. The average Bonchev–Trinajstić information content (AvgIpc) is 2.65. The second kappa shape index (κ2) is 7.98. The van der Waals surface area contributed by atoms with E-state index in [0.717, 1.165) is 40.8 Å². The van der Waals surface area contributed by atoms with Crippen LogP contribution in [0.25, 0.3) is 22.2 Å². The molecule has 1 aliphatic rings. The molecule has 3 N–H and O–H groups in total. The minimum Gasteiger partial charge on any atom is -0.372 e. The highest BCUT2D eigenvalue weighted by Crippen LogP contribution is 2.39. The Hall–Kier alpha value is -1.93. The number of thioether (sulfide) groups is 1. The molecular formula is C19H20ClN5OS. The summed E-state index contributed by atoms with van der Waals surface area (Å²) in [5.41, 5.74) is 9.00. The van der Waals surface area contributed by atoms with Gasteiger partial charge in [-0.2, -0.15) is 9.97 Å². The van der Waals surface area contributed by atoms with Gasteiger partial charge in [0.2, 0.25) is 5.95 Å². The number of hydrogen-bond acceptors (Lipinski definition) is 7. The summed E-state index contributed by atoms with van der Waals surface area (Å²) in [6.45, 7) is 2.10. The molecule has 8 heteroatoms. The molecule has 0 bridgehead atoms. The number of benzene rings is 2. The van der Waals surface area contributed by atoms with Gasteiger partial charge in [0.15, 0.2) is 11.0 Å². The fraction of sp³-hybridized carbons (Fsp3) is 0.316. The van der Waals surface area contributed by atoms with Crippen LogP contribution in [-0.4, -0.2) is 34.3 Å². The number of nitrogen functional groups attached to an aromatic ring is 1. The van der Waals surface area contributed by atoms with Gasteiger partial charge in [-0.1, -0.05) is 41.6 Å². The van der Waals surface area contributed by atoms with Crippen molar-refractivity contribution in [2.75, 3.05) is 25.1 Å². The fourth-order valence-corrected chi connectivity index (χ4v) is 4.41. The number of nitrogens with zero attached hydrogens (tertiary/aromatic N) is 3. The van der Waals surface area contributed by atoms with Crippen molar-refractivity contribution in [2.45, 2.75) is 24.8 Å². The molecule has 4 rings (SSSR count). The Morgan fingerprint density at radius 3 is 2.93 bits per heavy atom. The van der Waals surface area contributed by atoms with Crippen LogP contribution in [0.15, 0.2) is 29.4 Å². The summed E-state index contributed by atoms with van der Waals surface area (Å²) >= 11 is 8.21. The van der Waals surface area contributed by atoms with Crippen molar-refractivity contribution in [1.29, 1.82) is 0 Å². The van der Waals surface area contributed by atoms with Crippen molar-refractivity contribution in [3.05, 3.63) is 40.4 Å². The van der Waals surface area contributed by atoms with Crippen molar-refractivity contribution in [3.8, 4) is 11.4 Å². The lowest BCUT2D eigenvalue weighted by molar-refractivity contribution is 0.103. The van der Waals surface area contributed by atoms with Gasteiger partial charge < -0.3 is 15.8 Å². The summed E-state index contributed by atoms with van der Waals surface area (Å²) < 4.78 is 5.66. The molecule has 140 valence electrons. The van der Waals surface area contributed by atoms with E-state index in [9.17, 15) is 0 Å². The van der Waals surface area contributed by atoms with E-state index in [2.05, 4.69) is 32.4 Å². The molecule has 0 spiro atoms. The van der Waals surface area contributed by atoms with Gasteiger partial charge in [-0.15, -0.1) is 0 Å². The third-order valence-electron chi connectivity index (χ3n) is 4.45. The number of halogens is 1. The lowest BCUT2D eigenvalue weighted by Gasteiger charge is -2.20. The number of nitrogens with two attached hydrogens (primary N) is 1. The molecule has 0 amide bonds. The topological polar surface area (TPSA) is 86.0 Å². The molecule has 6 nitrogen and oxygen atoms in total. The van der Waals surface area contributed by atoms with Crippen LogP contribution in [0.4, 0.5) is 5.95 Å². The highest BCUT2D eigenvalue weighted by atomic mass is 35.5. The second-order valence-corrected chi connectivity index (χ2v) is 7.80. The number of anilines is 1. The molecule has 0 atom stereocenters. The highest BCUT2D eigenvalue weighted by Gasteiger charge is 2.20. The lowest BCUT2D eigenvalue weighted by atomic mass is 9.94. The van der Waals surface area contributed by atoms with E-state index >= 15 is 0 Å². The molecular weight excluding hydrogens is 382 g/mol. The maximum atomic E-state index is 6.64. The van der Waals surface area contributed by atoms with Crippen molar-refractivity contribution in [1.82, 2.24) is 20.3 Å². The number of rotatable bonds is 6. The zero-order chi connectivity index (χ0) is 18.8. The number of ether oxygens (including phenoxy) is 1. The number of aromatic nitrogens is 3. The van der Waals surface area contributed by atoms with Crippen molar-refractivity contribution < 1.29 is 4.74 Å². The zero-order valence-electron chi connectivity index (χ0n) is 15.0. The van der Waals surface area contributed by atoms with Gasteiger partial charge in [-0.25, -0.2) is 4.98 Å². The maximum absolute atomic E-state index is 6.64. The summed E-state index contributed by atoms with van der Waals surface area (Å²) in [4.78, 5) is 13.3. The first-order valence-corrected chi connectivity index (χ1v) is 10.1. The van der Waals surface area contributed by atoms with Gasteiger partial charge >= 0.3 is 0 Å². The molecule has 1 aliphatic heterocycles. The van der Waals surface area contributed by atoms with Crippen LogP contribution in [0.5, 0.6) is 0 Å². The Morgan fingerprint density at radius 1 is 1.22 bits per heavy atom. The minimum absolute atomic E-state index is 0.205. The average molecular weight is 402 g/mol. The van der Waals surface area contributed by atoms with Crippen LogP contribution in [0.2, 0.25) is 5.02 Å². The fourth-order valence-electron chi connectivity index (χ4n) is 3.31. The van der Waals surface area contributed by atoms with E-state index in [-0.39, 0.29) is 5.95 Å². The molecule has 3 aromatic rings. The van der Waals surface area contributed by atoms with E-state index in [0.29, 0.717) is 29.2 Å². The molecule has 0 unspecified atom stereocenters. The van der Waals surface area contributed by atoms with E-state index in [1.807, 2.05) is 19.2 Å². The number of nitrogens with one attached hydrogen (secondary N) is 1. The molecule has 0 radical (unpaired) electrons. The summed E-state index contributed by atoms with van der Waals surface area (Å²) in [7, 11) is 1.94. The first-order valence-electron chi connectivity index (χ1n) is 8.77. The Balaban J connectivity index is 1.80. The lowest BCUT2D eigenvalue weighted by Crippen LogP contribution is -2.09. The highest BCUT2D eigenvalue weighted by molar-refractivity contribution is 7.99. The van der Waals surface area contributed by atoms with E-state index in [1.54, 1.807) is 11.8 Å². The third kappa shape index (κ3) is 3.73. The quantitative estimate of drug-likeness (QED) is 0.481. The molecule has 0 saturated heterocycles. The van der Waals surface area contributed by atoms with Crippen molar-refractivity contribution >= 4 is 40.1 Å². The normalized spacial score (nSPS) is 13.3. The molecule has 2 heterocycles.